The highest BCUT2D eigenvalue weighted by atomic mass is 19.1. The molecule has 0 unspecified atom stereocenters. The molecular formula is C25H25FN4O. The van der Waals surface area contributed by atoms with Gasteiger partial charge in [0, 0.05) is 35.1 Å². The maximum Gasteiger partial charge on any atom is 0.224 e. The summed E-state index contributed by atoms with van der Waals surface area (Å²) in [6.07, 6.45) is 0.909. The smallest absolute Gasteiger partial charge is 0.224 e. The molecule has 1 amide bonds. The number of aryl methyl sites for hydroxylation is 4. The van der Waals surface area contributed by atoms with Crippen molar-refractivity contribution in [2.45, 2.75) is 40.5 Å². The summed E-state index contributed by atoms with van der Waals surface area (Å²) < 4.78 is 15.4. The third-order valence-electron chi connectivity index (χ3n) is 5.39. The second-order valence-electron chi connectivity index (χ2n) is 8.00. The van der Waals surface area contributed by atoms with Crippen molar-refractivity contribution in [3.05, 3.63) is 82.4 Å². The Kier molecular flexibility index (Phi) is 5.55. The normalized spacial score (nSPS) is 11.1. The van der Waals surface area contributed by atoms with Gasteiger partial charge < -0.3 is 5.32 Å². The van der Waals surface area contributed by atoms with Gasteiger partial charge in [-0.3, -0.25) is 4.79 Å². The molecule has 5 nitrogen and oxygen atoms in total. The van der Waals surface area contributed by atoms with Crippen molar-refractivity contribution in [2.75, 3.05) is 5.32 Å². The maximum atomic E-state index is 13.6. The Morgan fingerprint density at radius 2 is 1.77 bits per heavy atom. The van der Waals surface area contributed by atoms with E-state index in [1.54, 1.807) is 10.6 Å². The molecular weight excluding hydrogens is 391 g/mol. The van der Waals surface area contributed by atoms with Gasteiger partial charge in [-0.25, -0.2) is 13.9 Å². The molecule has 0 aliphatic carbocycles. The Morgan fingerprint density at radius 3 is 2.48 bits per heavy atom. The Hall–Kier alpha value is -3.54. The molecule has 4 aromatic rings. The Balaban J connectivity index is 1.55. The third kappa shape index (κ3) is 4.48. The molecule has 31 heavy (non-hydrogen) atoms. The molecule has 0 aliphatic heterocycles. The van der Waals surface area contributed by atoms with Gasteiger partial charge in [-0.2, -0.15) is 5.10 Å². The molecule has 0 radical (unpaired) electrons. The predicted octanol–water partition coefficient (Wildman–Crippen LogP) is 5.34. The summed E-state index contributed by atoms with van der Waals surface area (Å²) in [7, 11) is 0. The Morgan fingerprint density at radius 1 is 1.03 bits per heavy atom. The minimum absolute atomic E-state index is 0.0372. The lowest BCUT2D eigenvalue weighted by molar-refractivity contribution is -0.116. The highest BCUT2D eigenvalue weighted by Gasteiger charge is 2.15. The van der Waals surface area contributed by atoms with E-state index in [1.165, 1.54) is 12.1 Å². The van der Waals surface area contributed by atoms with Crippen molar-refractivity contribution < 1.29 is 9.18 Å². The Labute approximate surface area is 181 Å². The standard InChI is InChI=1S/C25H25FN4O/c1-15-10-16(2)12-21(11-15)28-25(31)9-8-22-17(3)27-24-14-23(29-30(24)18(22)4)19-6-5-7-20(26)13-19/h5-7,10-14H,8-9H2,1-4H3,(H,28,31). The number of hydrogen-bond acceptors (Lipinski definition) is 3. The van der Waals surface area contributed by atoms with E-state index in [4.69, 9.17) is 0 Å². The molecule has 0 aliphatic rings. The van der Waals surface area contributed by atoms with Crippen LogP contribution in [0.25, 0.3) is 16.9 Å². The summed E-state index contributed by atoms with van der Waals surface area (Å²) in [4.78, 5) is 17.2. The van der Waals surface area contributed by atoms with Crippen molar-refractivity contribution in [1.29, 1.82) is 0 Å². The van der Waals surface area contributed by atoms with Gasteiger partial charge in [0.1, 0.15) is 5.82 Å². The van der Waals surface area contributed by atoms with E-state index in [0.29, 0.717) is 29.7 Å². The van der Waals surface area contributed by atoms with Crippen LogP contribution in [0.4, 0.5) is 10.1 Å². The first-order chi connectivity index (χ1) is 14.8. The molecule has 2 aromatic heterocycles. The van der Waals surface area contributed by atoms with Crippen LogP contribution in [0.2, 0.25) is 0 Å². The highest BCUT2D eigenvalue weighted by molar-refractivity contribution is 5.91. The second kappa shape index (κ2) is 8.30. The van der Waals surface area contributed by atoms with Crippen LogP contribution >= 0.6 is 0 Å². The first-order valence-electron chi connectivity index (χ1n) is 10.3. The molecule has 1 N–H and O–H groups in total. The number of benzene rings is 2. The van der Waals surface area contributed by atoms with E-state index in [-0.39, 0.29) is 11.7 Å². The third-order valence-corrected chi connectivity index (χ3v) is 5.39. The fraction of sp³-hybridized carbons (Fsp3) is 0.240. The monoisotopic (exact) mass is 416 g/mol. The summed E-state index contributed by atoms with van der Waals surface area (Å²) in [6, 6.07) is 14.2. The van der Waals surface area contributed by atoms with E-state index in [2.05, 4.69) is 21.5 Å². The van der Waals surface area contributed by atoms with E-state index in [0.717, 1.165) is 33.8 Å². The number of nitrogens with one attached hydrogen (secondary N) is 1. The summed E-state index contributed by atoms with van der Waals surface area (Å²) in [6.45, 7) is 7.94. The molecule has 2 heterocycles. The number of anilines is 1. The highest BCUT2D eigenvalue weighted by Crippen LogP contribution is 2.23. The van der Waals surface area contributed by atoms with Gasteiger partial charge >= 0.3 is 0 Å². The van der Waals surface area contributed by atoms with Crippen molar-refractivity contribution in [1.82, 2.24) is 14.6 Å². The molecule has 158 valence electrons. The van der Waals surface area contributed by atoms with Crippen LogP contribution in [-0.4, -0.2) is 20.5 Å². The average molecular weight is 417 g/mol. The first-order valence-corrected chi connectivity index (χ1v) is 10.3. The summed E-state index contributed by atoms with van der Waals surface area (Å²) in [5.41, 5.74) is 7.93. The van der Waals surface area contributed by atoms with Crippen LogP contribution in [0.3, 0.4) is 0 Å². The largest absolute Gasteiger partial charge is 0.326 e. The summed E-state index contributed by atoms with van der Waals surface area (Å²) in [5.74, 6) is -0.337. The van der Waals surface area contributed by atoms with E-state index < -0.39 is 0 Å². The van der Waals surface area contributed by atoms with E-state index >= 15 is 0 Å². The van der Waals surface area contributed by atoms with Gasteiger partial charge in [0.2, 0.25) is 5.91 Å². The number of carbonyl (C=O) groups excluding carboxylic acids is 1. The molecule has 4 rings (SSSR count). The number of hydrogen-bond donors (Lipinski definition) is 1. The summed E-state index contributed by atoms with van der Waals surface area (Å²) >= 11 is 0. The Bertz CT molecular complexity index is 1270. The lowest BCUT2D eigenvalue weighted by Gasteiger charge is -2.11. The molecule has 0 saturated carbocycles. The lowest BCUT2D eigenvalue weighted by atomic mass is 10.1. The zero-order chi connectivity index (χ0) is 22.1. The fourth-order valence-corrected chi connectivity index (χ4v) is 3.99. The lowest BCUT2D eigenvalue weighted by Crippen LogP contribution is -2.14. The van der Waals surface area contributed by atoms with E-state index in [9.17, 15) is 9.18 Å². The van der Waals surface area contributed by atoms with Crippen LogP contribution < -0.4 is 5.32 Å². The quantitative estimate of drug-likeness (QED) is 0.478. The van der Waals surface area contributed by atoms with Gasteiger partial charge in [-0.1, -0.05) is 18.2 Å². The van der Waals surface area contributed by atoms with Gasteiger partial charge in [-0.05, 0) is 75.1 Å². The number of aromatic nitrogens is 3. The van der Waals surface area contributed by atoms with Crippen molar-refractivity contribution in [3.8, 4) is 11.3 Å². The van der Waals surface area contributed by atoms with Crippen molar-refractivity contribution in [2.24, 2.45) is 0 Å². The molecule has 0 atom stereocenters. The second-order valence-corrected chi connectivity index (χ2v) is 8.00. The van der Waals surface area contributed by atoms with Crippen LogP contribution in [0.15, 0.2) is 48.5 Å². The minimum atomic E-state index is -0.300. The number of nitrogens with zero attached hydrogens (tertiary/aromatic N) is 3. The van der Waals surface area contributed by atoms with Crippen molar-refractivity contribution in [3.63, 3.8) is 0 Å². The topological polar surface area (TPSA) is 59.3 Å². The molecule has 0 spiro atoms. The number of amides is 1. The average Bonchev–Trinajstić information content (AvgIpc) is 3.11. The van der Waals surface area contributed by atoms with Crippen LogP contribution in [-0.2, 0) is 11.2 Å². The number of fused-ring (bicyclic) bond motifs is 1. The zero-order valence-electron chi connectivity index (χ0n) is 18.2. The van der Waals surface area contributed by atoms with Crippen LogP contribution in [0.1, 0.15) is 34.5 Å². The zero-order valence-corrected chi connectivity index (χ0v) is 18.2. The first kappa shape index (κ1) is 20.7. The molecule has 2 aromatic carbocycles. The summed E-state index contributed by atoms with van der Waals surface area (Å²) in [5, 5.41) is 7.61. The molecule has 0 bridgehead atoms. The van der Waals surface area contributed by atoms with Gasteiger partial charge in [-0.15, -0.1) is 0 Å². The minimum Gasteiger partial charge on any atom is -0.326 e. The molecule has 6 heteroatoms. The fourth-order valence-electron chi connectivity index (χ4n) is 3.99. The molecule has 0 fully saturated rings. The SMILES string of the molecule is Cc1cc(C)cc(NC(=O)CCc2c(C)nc3cc(-c4cccc(F)c4)nn3c2C)c1. The van der Waals surface area contributed by atoms with Gasteiger partial charge in [0.05, 0.1) is 5.69 Å². The van der Waals surface area contributed by atoms with Gasteiger partial charge in [0.15, 0.2) is 5.65 Å². The molecule has 0 saturated heterocycles. The van der Waals surface area contributed by atoms with E-state index in [1.807, 2.05) is 52.0 Å². The van der Waals surface area contributed by atoms with Crippen LogP contribution in [0.5, 0.6) is 0 Å². The number of halogens is 1. The number of carbonyl (C=O) groups is 1. The predicted molar refractivity (Wildman–Crippen MR) is 121 cm³/mol. The van der Waals surface area contributed by atoms with Crippen LogP contribution in [0, 0.1) is 33.5 Å². The number of rotatable bonds is 5. The van der Waals surface area contributed by atoms with Crippen molar-refractivity contribution >= 4 is 17.2 Å². The van der Waals surface area contributed by atoms with Gasteiger partial charge in [0.25, 0.3) is 0 Å². The maximum absolute atomic E-state index is 13.6.